The third kappa shape index (κ3) is 4.35. The van der Waals surface area contributed by atoms with Crippen LogP contribution in [0.25, 0.3) is 0 Å². The van der Waals surface area contributed by atoms with E-state index in [2.05, 4.69) is 59.0 Å². The molecular weight excluding hydrogens is 372 g/mol. The molecule has 3 heterocycles. The molecule has 1 N–H and O–H groups in total. The van der Waals surface area contributed by atoms with Crippen LogP contribution < -0.4 is 5.32 Å². The van der Waals surface area contributed by atoms with Crippen LogP contribution in [0.5, 0.6) is 0 Å². The SMILES string of the molecule is COC(=O)CCCN1C(=S)N[C@H](c2ccccn2)[C@H]1c1ccn(C(C)(C)C)c1. The van der Waals surface area contributed by atoms with E-state index in [1.807, 2.05) is 18.2 Å². The zero-order chi connectivity index (χ0) is 20.3. The third-order valence-corrected chi connectivity index (χ3v) is 5.39. The van der Waals surface area contributed by atoms with Gasteiger partial charge in [-0.2, -0.15) is 0 Å². The minimum Gasteiger partial charge on any atom is -0.469 e. The quantitative estimate of drug-likeness (QED) is 0.591. The Balaban J connectivity index is 1.90. The molecule has 2 aromatic heterocycles. The van der Waals surface area contributed by atoms with Crippen molar-refractivity contribution in [3.63, 3.8) is 0 Å². The second-order valence-electron chi connectivity index (χ2n) is 8.02. The molecule has 150 valence electrons. The summed E-state index contributed by atoms with van der Waals surface area (Å²) in [4.78, 5) is 18.2. The molecule has 3 rings (SSSR count). The van der Waals surface area contributed by atoms with Gasteiger partial charge in [-0.05, 0) is 63.2 Å². The predicted octanol–water partition coefficient (Wildman–Crippen LogP) is 3.56. The Morgan fingerprint density at radius 3 is 2.71 bits per heavy atom. The lowest BCUT2D eigenvalue weighted by molar-refractivity contribution is -0.140. The van der Waals surface area contributed by atoms with Crippen LogP contribution in [0.3, 0.4) is 0 Å². The lowest BCUT2D eigenvalue weighted by atomic mass is 9.99. The van der Waals surface area contributed by atoms with Gasteiger partial charge in [0.25, 0.3) is 0 Å². The summed E-state index contributed by atoms with van der Waals surface area (Å²) < 4.78 is 6.98. The number of carbonyl (C=O) groups excluding carboxylic acids is 1. The first-order valence-electron chi connectivity index (χ1n) is 9.54. The molecule has 0 amide bonds. The number of esters is 1. The fourth-order valence-electron chi connectivity index (χ4n) is 3.51. The molecular formula is C21H28N4O2S. The zero-order valence-corrected chi connectivity index (χ0v) is 17.7. The molecule has 28 heavy (non-hydrogen) atoms. The highest BCUT2D eigenvalue weighted by molar-refractivity contribution is 7.80. The van der Waals surface area contributed by atoms with Gasteiger partial charge in [-0.25, -0.2) is 0 Å². The van der Waals surface area contributed by atoms with Crippen LogP contribution in [0.2, 0.25) is 0 Å². The number of rotatable bonds is 6. The first-order valence-corrected chi connectivity index (χ1v) is 9.95. The van der Waals surface area contributed by atoms with Gasteiger partial charge in [0.2, 0.25) is 0 Å². The van der Waals surface area contributed by atoms with Gasteiger partial charge in [-0.3, -0.25) is 9.78 Å². The summed E-state index contributed by atoms with van der Waals surface area (Å²) in [5.74, 6) is -0.199. The number of nitrogens with one attached hydrogen (secondary N) is 1. The van der Waals surface area contributed by atoms with E-state index >= 15 is 0 Å². The predicted molar refractivity (Wildman–Crippen MR) is 113 cm³/mol. The number of ether oxygens (including phenoxy) is 1. The normalized spacial score (nSPS) is 19.6. The Kier molecular flexibility index (Phi) is 6.03. The summed E-state index contributed by atoms with van der Waals surface area (Å²) in [5, 5.41) is 4.13. The largest absolute Gasteiger partial charge is 0.469 e. The lowest BCUT2D eigenvalue weighted by Crippen LogP contribution is -2.31. The molecule has 1 saturated heterocycles. The maximum atomic E-state index is 11.5. The van der Waals surface area contributed by atoms with Crippen molar-refractivity contribution in [3.05, 3.63) is 54.1 Å². The average Bonchev–Trinajstić information content (AvgIpc) is 3.27. The Labute approximate surface area is 171 Å². The van der Waals surface area contributed by atoms with Crippen molar-refractivity contribution >= 4 is 23.3 Å². The van der Waals surface area contributed by atoms with Crippen LogP contribution in [0.4, 0.5) is 0 Å². The Morgan fingerprint density at radius 2 is 2.11 bits per heavy atom. The number of methoxy groups -OCH3 is 1. The highest BCUT2D eigenvalue weighted by Gasteiger charge is 2.40. The summed E-state index contributed by atoms with van der Waals surface area (Å²) in [5.41, 5.74) is 2.13. The molecule has 0 spiro atoms. The van der Waals surface area contributed by atoms with Crippen molar-refractivity contribution in [2.75, 3.05) is 13.7 Å². The van der Waals surface area contributed by atoms with E-state index in [4.69, 9.17) is 17.0 Å². The molecule has 2 aromatic rings. The van der Waals surface area contributed by atoms with Crippen LogP contribution in [-0.4, -0.2) is 39.2 Å². The molecule has 1 aliphatic rings. The fourth-order valence-corrected chi connectivity index (χ4v) is 3.84. The maximum Gasteiger partial charge on any atom is 0.305 e. The van der Waals surface area contributed by atoms with E-state index in [1.54, 1.807) is 6.20 Å². The van der Waals surface area contributed by atoms with Crippen molar-refractivity contribution < 1.29 is 9.53 Å². The Hall–Kier alpha value is -2.41. The molecule has 0 bridgehead atoms. The van der Waals surface area contributed by atoms with E-state index in [0.717, 1.165) is 5.69 Å². The number of hydrogen-bond donors (Lipinski definition) is 1. The summed E-state index contributed by atoms with van der Waals surface area (Å²) in [6.45, 7) is 7.21. The van der Waals surface area contributed by atoms with E-state index in [9.17, 15) is 4.79 Å². The zero-order valence-electron chi connectivity index (χ0n) is 16.9. The van der Waals surface area contributed by atoms with E-state index in [-0.39, 0.29) is 23.6 Å². The highest BCUT2D eigenvalue weighted by Crippen LogP contribution is 2.39. The van der Waals surface area contributed by atoms with Gasteiger partial charge in [0, 0.05) is 37.1 Å². The Morgan fingerprint density at radius 1 is 1.32 bits per heavy atom. The van der Waals surface area contributed by atoms with E-state index in [0.29, 0.717) is 24.5 Å². The standard InChI is InChI=1S/C21H28N4O2S/c1-21(2,3)24-13-10-15(14-24)19-18(16-8-5-6-11-22-16)23-20(28)25(19)12-7-9-17(26)27-4/h5-6,8,10-11,13-14,18-19H,7,9,12H2,1-4H3,(H,23,28)/t18-,19-/m1/s1. The smallest absolute Gasteiger partial charge is 0.305 e. The number of pyridine rings is 1. The molecule has 0 aliphatic carbocycles. The van der Waals surface area contributed by atoms with Crippen LogP contribution in [0, 0.1) is 0 Å². The van der Waals surface area contributed by atoms with Gasteiger partial charge >= 0.3 is 5.97 Å². The number of thiocarbonyl (C=S) groups is 1. The van der Waals surface area contributed by atoms with Gasteiger partial charge in [-0.15, -0.1) is 0 Å². The van der Waals surface area contributed by atoms with Gasteiger partial charge in [0.05, 0.1) is 24.9 Å². The number of aromatic nitrogens is 2. The first-order chi connectivity index (χ1) is 13.3. The molecule has 0 saturated carbocycles. The minimum absolute atomic E-state index is 0.000991. The van der Waals surface area contributed by atoms with Crippen LogP contribution in [0.1, 0.15) is 57.0 Å². The van der Waals surface area contributed by atoms with Crippen molar-refractivity contribution in [1.29, 1.82) is 0 Å². The monoisotopic (exact) mass is 400 g/mol. The molecule has 6 nitrogen and oxygen atoms in total. The van der Waals surface area contributed by atoms with Crippen molar-refractivity contribution in [2.24, 2.45) is 0 Å². The van der Waals surface area contributed by atoms with Gasteiger partial charge in [0.1, 0.15) is 0 Å². The first kappa shape index (κ1) is 20.3. The summed E-state index contributed by atoms with van der Waals surface area (Å²) in [7, 11) is 1.42. The second kappa shape index (κ2) is 8.31. The van der Waals surface area contributed by atoms with Crippen molar-refractivity contribution in [3.8, 4) is 0 Å². The van der Waals surface area contributed by atoms with Gasteiger partial charge in [-0.1, -0.05) is 6.07 Å². The van der Waals surface area contributed by atoms with E-state index in [1.165, 1.54) is 12.7 Å². The molecule has 1 aliphatic heterocycles. The minimum atomic E-state index is -0.199. The molecule has 2 atom stereocenters. The summed E-state index contributed by atoms with van der Waals surface area (Å²) in [6.07, 6.45) is 7.15. The lowest BCUT2D eigenvalue weighted by Gasteiger charge is -2.27. The Bertz CT molecular complexity index is 828. The molecule has 0 unspecified atom stereocenters. The molecule has 7 heteroatoms. The molecule has 1 fully saturated rings. The van der Waals surface area contributed by atoms with Crippen LogP contribution in [-0.2, 0) is 15.1 Å². The number of hydrogen-bond acceptors (Lipinski definition) is 4. The van der Waals surface area contributed by atoms with Crippen molar-refractivity contribution in [2.45, 2.75) is 51.2 Å². The fraction of sp³-hybridized carbons (Fsp3) is 0.476. The second-order valence-corrected chi connectivity index (χ2v) is 8.41. The molecule has 0 radical (unpaired) electrons. The van der Waals surface area contributed by atoms with E-state index < -0.39 is 0 Å². The van der Waals surface area contributed by atoms with Crippen LogP contribution >= 0.6 is 12.2 Å². The summed E-state index contributed by atoms with van der Waals surface area (Å²) in [6, 6.07) is 8.05. The van der Waals surface area contributed by atoms with Gasteiger partial charge in [0.15, 0.2) is 5.11 Å². The topological polar surface area (TPSA) is 59.4 Å². The average molecular weight is 401 g/mol. The molecule has 0 aromatic carbocycles. The highest BCUT2D eigenvalue weighted by atomic mass is 32.1. The number of carbonyl (C=O) groups is 1. The van der Waals surface area contributed by atoms with Crippen molar-refractivity contribution in [1.82, 2.24) is 19.8 Å². The summed E-state index contributed by atoms with van der Waals surface area (Å²) >= 11 is 5.65. The maximum absolute atomic E-state index is 11.5. The van der Waals surface area contributed by atoms with Gasteiger partial charge < -0.3 is 19.5 Å². The van der Waals surface area contributed by atoms with Crippen LogP contribution in [0.15, 0.2) is 42.9 Å². The number of nitrogens with zero attached hydrogens (tertiary/aromatic N) is 3. The third-order valence-electron chi connectivity index (χ3n) is 5.04.